The molecule has 7 nitrogen and oxygen atoms in total. The lowest BCUT2D eigenvalue weighted by atomic mass is 9.85. The van der Waals surface area contributed by atoms with E-state index in [4.69, 9.17) is 25.8 Å². The van der Waals surface area contributed by atoms with Crippen LogP contribution in [0.15, 0.2) is 66.2 Å². The highest BCUT2D eigenvalue weighted by atomic mass is 35.5. The molecule has 0 spiro atoms. The molecule has 3 aromatic carbocycles. The number of ketones is 1. The summed E-state index contributed by atoms with van der Waals surface area (Å²) in [5, 5.41) is 11.8. The Labute approximate surface area is 233 Å². The number of carbonyl (C=O) groups is 2. The molecule has 8 heteroatoms. The van der Waals surface area contributed by atoms with Crippen molar-refractivity contribution in [1.82, 2.24) is 4.90 Å². The summed E-state index contributed by atoms with van der Waals surface area (Å²) in [5.41, 5.74) is 2.52. The summed E-state index contributed by atoms with van der Waals surface area (Å²) in [7, 11) is 4.45. The second kappa shape index (κ2) is 11.0. The number of hydrogen-bond donors (Lipinski definition) is 1. The Morgan fingerprint density at radius 3 is 2.10 bits per heavy atom. The van der Waals surface area contributed by atoms with Crippen LogP contribution in [0.4, 0.5) is 0 Å². The van der Waals surface area contributed by atoms with Crippen molar-refractivity contribution >= 4 is 29.1 Å². The number of halogens is 1. The fourth-order valence-electron chi connectivity index (χ4n) is 4.76. The molecular formula is C31H32ClNO6. The van der Waals surface area contributed by atoms with E-state index in [9.17, 15) is 14.7 Å². The van der Waals surface area contributed by atoms with Gasteiger partial charge in [0.15, 0.2) is 0 Å². The Bertz CT molecular complexity index is 1440. The van der Waals surface area contributed by atoms with E-state index in [2.05, 4.69) is 20.8 Å². The minimum Gasteiger partial charge on any atom is -0.507 e. The Morgan fingerprint density at radius 2 is 1.51 bits per heavy atom. The molecule has 1 atom stereocenters. The normalized spacial score (nSPS) is 16.9. The minimum absolute atomic E-state index is 0.0575. The molecule has 1 N–H and O–H groups in total. The monoisotopic (exact) mass is 549 g/mol. The van der Waals surface area contributed by atoms with Gasteiger partial charge in [0.25, 0.3) is 11.7 Å². The Hall–Kier alpha value is -3.97. The minimum atomic E-state index is -0.866. The standard InChI is InChI=1S/C31H32ClNO6/c1-31(2,3)20-13-11-18(12-14-20)27-26(28(34)21-15-22(32)25(39-6)16-24(21)38-5)29(35)30(36)33(27)17-19-9-7-8-10-23(19)37-4/h7-16,27,34H,17H2,1-6H3/b28-26+. The van der Waals surface area contributed by atoms with Crippen molar-refractivity contribution in [2.45, 2.75) is 38.8 Å². The summed E-state index contributed by atoms with van der Waals surface area (Å²) in [6, 6.07) is 17.1. The largest absolute Gasteiger partial charge is 0.507 e. The van der Waals surface area contributed by atoms with Crippen LogP contribution in [0.5, 0.6) is 17.2 Å². The number of aliphatic hydroxyl groups is 1. The van der Waals surface area contributed by atoms with Gasteiger partial charge in [0, 0.05) is 11.6 Å². The van der Waals surface area contributed by atoms with Crippen LogP contribution in [-0.2, 0) is 21.5 Å². The van der Waals surface area contributed by atoms with Crippen LogP contribution >= 0.6 is 11.6 Å². The second-order valence-electron chi connectivity index (χ2n) is 10.3. The zero-order chi connectivity index (χ0) is 28.5. The first kappa shape index (κ1) is 28.0. The molecular weight excluding hydrogens is 518 g/mol. The maximum Gasteiger partial charge on any atom is 0.295 e. The summed E-state index contributed by atoms with van der Waals surface area (Å²) in [6.07, 6.45) is 0. The number of rotatable bonds is 7. The van der Waals surface area contributed by atoms with E-state index in [1.165, 1.54) is 31.3 Å². The maximum atomic E-state index is 13.6. The summed E-state index contributed by atoms with van der Waals surface area (Å²) in [5.74, 6) is -0.748. The van der Waals surface area contributed by atoms with Gasteiger partial charge in [0.1, 0.15) is 23.0 Å². The topological polar surface area (TPSA) is 85.3 Å². The lowest BCUT2D eigenvalue weighted by Crippen LogP contribution is -2.29. The number of carbonyl (C=O) groups excluding carboxylic acids is 2. The molecule has 1 unspecified atom stereocenters. The molecule has 39 heavy (non-hydrogen) atoms. The van der Waals surface area contributed by atoms with Gasteiger partial charge in [-0.2, -0.15) is 0 Å². The third-order valence-corrected chi connectivity index (χ3v) is 7.19. The van der Waals surface area contributed by atoms with Gasteiger partial charge in [-0.1, -0.05) is 74.8 Å². The number of amides is 1. The van der Waals surface area contributed by atoms with Gasteiger partial charge in [-0.05, 0) is 28.7 Å². The first-order valence-corrected chi connectivity index (χ1v) is 12.8. The van der Waals surface area contributed by atoms with Gasteiger partial charge in [0.05, 0.1) is 50.1 Å². The molecule has 204 valence electrons. The molecule has 1 aliphatic rings. The Balaban J connectivity index is 1.93. The lowest BCUT2D eigenvalue weighted by Gasteiger charge is -2.27. The van der Waals surface area contributed by atoms with Crippen LogP contribution < -0.4 is 14.2 Å². The molecule has 1 amide bonds. The summed E-state index contributed by atoms with van der Waals surface area (Å²) in [4.78, 5) is 28.5. The summed E-state index contributed by atoms with van der Waals surface area (Å²) in [6.45, 7) is 6.41. The van der Waals surface area contributed by atoms with Crippen LogP contribution in [0, 0.1) is 0 Å². The van der Waals surface area contributed by atoms with Crippen molar-refractivity contribution in [3.63, 3.8) is 0 Å². The van der Waals surface area contributed by atoms with E-state index >= 15 is 0 Å². The van der Waals surface area contributed by atoms with E-state index in [0.717, 1.165) is 11.1 Å². The highest BCUT2D eigenvalue weighted by molar-refractivity contribution is 6.46. The average molecular weight is 550 g/mol. The third-order valence-electron chi connectivity index (χ3n) is 6.89. The van der Waals surface area contributed by atoms with E-state index < -0.39 is 17.7 Å². The first-order valence-electron chi connectivity index (χ1n) is 12.4. The number of aliphatic hydroxyl groups excluding tert-OH is 1. The highest BCUT2D eigenvalue weighted by Gasteiger charge is 2.46. The van der Waals surface area contributed by atoms with Crippen molar-refractivity contribution < 1.29 is 28.9 Å². The van der Waals surface area contributed by atoms with Crippen molar-refractivity contribution in [1.29, 1.82) is 0 Å². The molecule has 1 fully saturated rings. The average Bonchev–Trinajstić information content (AvgIpc) is 3.17. The Kier molecular flexibility index (Phi) is 7.93. The molecule has 0 aromatic heterocycles. The summed E-state index contributed by atoms with van der Waals surface area (Å²) >= 11 is 6.37. The zero-order valence-electron chi connectivity index (χ0n) is 22.9. The van der Waals surface area contributed by atoms with Gasteiger partial charge in [-0.25, -0.2) is 0 Å². The fraction of sp³-hybridized carbons (Fsp3) is 0.290. The number of nitrogens with zero attached hydrogens (tertiary/aromatic N) is 1. The van der Waals surface area contributed by atoms with Crippen LogP contribution in [0.2, 0.25) is 5.02 Å². The number of likely N-dealkylation sites (tertiary alicyclic amines) is 1. The molecule has 1 aliphatic heterocycles. The predicted molar refractivity (Wildman–Crippen MR) is 151 cm³/mol. The zero-order valence-corrected chi connectivity index (χ0v) is 23.6. The van der Waals surface area contributed by atoms with E-state index in [1.54, 1.807) is 13.2 Å². The van der Waals surface area contributed by atoms with Crippen molar-refractivity contribution in [3.05, 3.63) is 93.5 Å². The van der Waals surface area contributed by atoms with Gasteiger partial charge < -0.3 is 24.2 Å². The molecule has 3 aromatic rings. The first-order chi connectivity index (χ1) is 18.5. The number of para-hydroxylation sites is 1. The molecule has 0 bridgehead atoms. The van der Waals surface area contributed by atoms with Gasteiger partial charge in [0.2, 0.25) is 0 Å². The fourth-order valence-corrected chi connectivity index (χ4v) is 5.00. The predicted octanol–water partition coefficient (Wildman–Crippen LogP) is 6.29. The number of ether oxygens (including phenoxy) is 3. The van der Waals surface area contributed by atoms with Gasteiger partial charge >= 0.3 is 0 Å². The molecule has 0 saturated carbocycles. The molecule has 0 radical (unpaired) electrons. The van der Waals surface area contributed by atoms with Crippen LogP contribution in [0.1, 0.15) is 49.1 Å². The quantitative estimate of drug-likeness (QED) is 0.212. The smallest absolute Gasteiger partial charge is 0.295 e. The second-order valence-corrected chi connectivity index (χ2v) is 10.7. The van der Waals surface area contributed by atoms with Gasteiger partial charge in [-0.3, -0.25) is 9.59 Å². The number of Topliss-reactive ketones (excluding diaryl/α,β-unsaturated/α-hetero) is 1. The lowest BCUT2D eigenvalue weighted by molar-refractivity contribution is -0.140. The molecule has 0 aliphatic carbocycles. The van der Waals surface area contributed by atoms with E-state index in [1.807, 2.05) is 42.5 Å². The highest BCUT2D eigenvalue weighted by Crippen LogP contribution is 2.44. The number of hydrogen-bond acceptors (Lipinski definition) is 6. The van der Waals surface area contributed by atoms with E-state index in [0.29, 0.717) is 17.1 Å². The van der Waals surface area contributed by atoms with E-state index in [-0.39, 0.29) is 39.6 Å². The molecule has 4 rings (SSSR count). The SMILES string of the molecule is COc1cc(OC)c(/C(O)=C2\C(=O)C(=O)N(Cc3ccccc3OC)C2c2ccc(C(C)(C)C)cc2)cc1Cl. The molecule has 1 heterocycles. The van der Waals surface area contributed by atoms with Crippen molar-refractivity contribution in [3.8, 4) is 17.2 Å². The third kappa shape index (κ3) is 5.32. The maximum absolute atomic E-state index is 13.6. The van der Waals surface area contributed by atoms with Crippen molar-refractivity contribution in [2.24, 2.45) is 0 Å². The Morgan fingerprint density at radius 1 is 0.897 bits per heavy atom. The van der Waals surface area contributed by atoms with Crippen LogP contribution in [0.25, 0.3) is 5.76 Å². The van der Waals surface area contributed by atoms with Crippen LogP contribution in [0.3, 0.4) is 0 Å². The van der Waals surface area contributed by atoms with Gasteiger partial charge in [-0.15, -0.1) is 0 Å². The molecule has 1 saturated heterocycles. The summed E-state index contributed by atoms with van der Waals surface area (Å²) < 4.78 is 16.2. The number of benzene rings is 3. The van der Waals surface area contributed by atoms with Crippen LogP contribution in [-0.4, -0.2) is 43.0 Å². The van der Waals surface area contributed by atoms with Crippen molar-refractivity contribution in [2.75, 3.05) is 21.3 Å². The number of methoxy groups -OCH3 is 3.